The van der Waals surface area contributed by atoms with Crippen LogP contribution in [0.4, 0.5) is 0 Å². The fourth-order valence-electron chi connectivity index (χ4n) is 2.95. The number of nitrogens with zero attached hydrogens (tertiary/aromatic N) is 2. The summed E-state index contributed by atoms with van der Waals surface area (Å²) >= 11 is 0. The first kappa shape index (κ1) is 23.9. The molecule has 0 fully saturated rings. The minimum atomic E-state index is -0.358. The Morgan fingerprint density at radius 3 is 1.71 bits per heavy atom. The first-order chi connectivity index (χ1) is 14.6. The summed E-state index contributed by atoms with van der Waals surface area (Å²) in [6.45, 7) is 1.17. The molecule has 3 N–H and O–H groups in total. The fourth-order valence-corrected chi connectivity index (χ4v) is 2.95. The number of aliphatic hydroxyl groups excluding tert-OH is 1. The van der Waals surface area contributed by atoms with E-state index in [-0.39, 0.29) is 23.0 Å². The molecule has 31 heavy (non-hydrogen) atoms. The first-order valence-corrected chi connectivity index (χ1v) is 9.88. The number of hydrogen-bond donors (Lipinski definition) is 3. The van der Waals surface area contributed by atoms with Gasteiger partial charge in [-0.1, -0.05) is 24.3 Å². The second-order valence-electron chi connectivity index (χ2n) is 7.89. The van der Waals surface area contributed by atoms with Crippen molar-refractivity contribution >= 4 is 17.9 Å². The standard InChI is InChI=1S/C25H30N2O4/c1-26(2)16-20-13-18(7-11-24(20)30)5-9-22(28)15-23(29)10-6-19-8-12-25(31)21(14-19)17-27(3)4/h5-15,28,30-31H,16-17H2,1-4H3/b9-5+,10-6+,22-15-. The highest BCUT2D eigenvalue weighted by molar-refractivity contribution is 6.02. The van der Waals surface area contributed by atoms with Gasteiger partial charge in [0.2, 0.25) is 0 Å². The van der Waals surface area contributed by atoms with E-state index < -0.39 is 0 Å². The van der Waals surface area contributed by atoms with E-state index in [0.29, 0.717) is 13.1 Å². The lowest BCUT2D eigenvalue weighted by atomic mass is 10.1. The highest BCUT2D eigenvalue weighted by Gasteiger charge is 2.04. The van der Waals surface area contributed by atoms with Gasteiger partial charge in [0.15, 0.2) is 5.78 Å². The molecule has 0 heterocycles. The summed E-state index contributed by atoms with van der Waals surface area (Å²) in [6, 6.07) is 10.3. The molecule has 0 saturated carbocycles. The molecule has 0 unspecified atom stereocenters. The van der Waals surface area contributed by atoms with Crippen LogP contribution < -0.4 is 0 Å². The second kappa shape index (κ2) is 11.2. The van der Waals surface area contributed by atoms with Crippen LogP contribution >= 0.6 is 0 Å². The van der Waals surface area contributed by atoms with Gasteiger partial charge in [-0.25, -0.2) is 0 Å². The number of aromatic hydroxyl groups is 2. The number of rotatable bonds is 9. The summed E-state index contributed by atoms with van der Waals surface area (Å²) in [7, 11) is 7.65. The monoisotopic (exact) mass is 422 g/mol. The van der Waals surface area contributed by atoms with Crippen molar-refractivity contribution in [1.82, 2.24) is 9.80 Å². The van der Waals surface area contributed by atoms with Crippen LogP contribution in [0.2, 0.25) is 0 Å². The number of aliphatic hydroxyl groups is 1. The Bertz CT molecular complexity index is 1000. The van der Waals surface area contributed by atoms with Gasteiger partial charge >= 0.3 is 0 Å². The Labute approximate surface area is 183 Å². The van der Waals surface area contributed by atoms with Crippen molar-refractivity contribution in [3.63, 3.8) is 0 Å². The Morgan fingerprint density at radius 2 is 1.26 bits per heavy atom. The van der Waals surface area contributed by atoms with Crippen LogP contribution in [-0.4, -0.2) is 59.1 Å². The summed E-state index contributed by atoms with van der Waals surface area (Å²) in [4.78, 5) is 16.0. The van der Waals surface area contributed by atoms with Crippen LogP contribution in [0.1, 0.15) is 22.3 Å². The van der Waals surface area contributed by atoms with Crippen LogP contribution in [0.25, 0.3) is 12.2 Å². The molecule has 0 bridgehead atoms. The largest absolute Gasteiger partial charge is 0.508 e. The van der Waals surface area contributed by atoms with Crippen molar-refractivity contribution in [3.05, 3.63) is 82.6 Å². The Morgan fingerprint density at radius 1 is 0.806 bits per heavy atom. The quantitative estimate of drug-likeness (QED) is 0.322. The molecule has 0 atom stereocenters. The molecule has 0 amide bonds. The molecule has 0 aliphatic rings. The van der Waals surface area contributed by atoms with Crippen LogP contribution in [-0.2, 0) is 17.9 Å². The predicted molar refractivity (Wildman–Crippen MR) is 125 cm³/mol. The number of ketones is 1. The van der Waals surface area contributed by atoms with E-state index in [9.17, 15) is 20.1 Å². The van der Waals surface area contributed by atoms with Gasteiger partial charge in [0.05, 0.1) is 0 Å². The molecule has 0 aliphatic carbocycles. The number of carbonyl (C=O) groups is 1. The molecule has 2 aromatic carbocycles. The third kappa shape index (κ3) is 8.12. The smallest absolute Gasteiger partial charge is 0.182 e. The van der Waals surface area contributed by atoms with Crippen molar-refractivity contribution in [2.24, 2.45) is 0 Å². The van der Waals surface area contributed by atoms with Gasteiger partial charge in [0, 0.05) is 30.3 Å². The minimum absolute atomic E-state index is 0.170. The molecule has 164 valence electrons. The molecule has 0 spiro atoms. The van der Waals surface area contributed by atoms with Crippen LogP contribution in [0.3, 0.4) is 0 Å². The highest BCUT2D eigenvalue weighted by Crippen LogP contribution is 2.21. The summed E-state index contributed by atoms with van der Waals surface area (Å²) in [5.74, 6) is -0.101. The topological polar surface area (TPSA) is 84.2 Å². The summed E-state index contributed by atoms with van der Waals surface area (Å²) in [5.41, 5.74) is 3.12. The highest BCUT2D eigenvalue weighted by atomic mass is 16.3. The van der Waals surface area contributed by atoms with E-state index in [1.807, 2.05) is 50.1 Å². The summed E-state index contributed by atoms with van der Waals surface area (Å²) in [6.07, 6.45) is 7.26. The van der Waals surface area contributed by atoms with Crippen molar-refractivity contribution in [2.45, 2.75) is 13.1 Å². The van der Waals surface area contributed by atoms with Gasteiger partial charge in [-0.15, -0.1) is 0 Å². The molecular weight excluding hydrogens is 392 g/mol. The van der Waals surface area contributed by atoms with Gasteiger partial charge in [0.1, 0.15) is 17.3 Å². The van der Waals surface area contributed by atoms with Crippen LogP contribution in [0.5, 0.6) is 11.5 Å². The van der Waals surface area contributed by atoms with E-state index >= 15 is 0 Å². The first-order valence-electron chi connectivity index (χ1n) is 9.88. The van der Waals surface area contributed by atoms with E-state index in [4.69, 9.17) is 0 Å². The maximum Gasteiger partial charge on any atom is 0.182 e. The molecule has 0 aromatic heterocycles. The van der Waals surface area contributed by atoms with Crippen LogP contribution in [0, 0.1) is 0 Å². The number of benzene rings is 2. The zero-order chi connectivity index (χ0) is 23.0. The average Bonchev–Trinajstić information content (AvgIpc) is 2.68. The van der Waals surface area contributed by atoms with Gasteiger partial charge in [-0.3, -0.25) is 4.79 Å². The van der Waals surface area contributed by atoms with E-state index in [1.165, 1.54) is 12.2 Å². The van der Waals surface area contributed by atoms with Gasteiger partial charge in [0.25, 0.3) is 0 Å². The third-order valence-corrected chi connectivity index (χ3v) is 4.36. The minimum Gasteiger partial charge on any atom is -0.508 e. The predicted octanol–water partition coefficient (Wildman–Crippen LogP) is 3.96. The van der Waals surface area contributed by atoms with E-state index in [0.717, 1.165) is 28.3 Å². The lowest BCUT2D eigenvalue weighted by Gasteiger charge is -2.11. The Balaban J connectivity index is 2.06. The van der Waals surface area contributed by atoms with E-state index in [1.54, 1.807) is 36.4 Å². The van der Waals surface area contributed by atoms with Crippen molar-refractivity contribution in [3.8, 4) is 11.5 Å². The Hall–Kier alpha value is -3.35. The zero-order valence-electron chi connectivity index (χ0n) is 18.4. The average molecular weight is 423 g/mol. The second-order valence-corrected chi connectivity index (χ2v) is 7.89. The molecule has 0 saturated heterocycles. The normalized spacial score (nSPS) is 12.5. The molecule has 2 aromatic rings. The van der Waals surface area contributed by atoms with Gasteiger partial charge < -0.3 is 25.1 Å². The maximum atomic E-state index is 12.1. The number of hydrogen-bond acceptors (Lipinski definition) is 6. The van der Waals surface area contributed by atoms with Crippen molar-refractivity contribution in [2.75, 3.05) is 28.2 Å². The SMILES string of the molecule is CN(C)Cc1cc(/C=C/C(=O)/C=C(O)/C=C/c2ccc(O)c(CN(C)C)c2)ccc1O. The van der Waals surface area contributed by atoms with Crippen LogP contribution in [0.15, 0.2) is 60.4 Å². The Kier molecular flexibility index (Phi) is 8.61. The lowest BCUT2D eigenvalue weighted by Crippen LogP contribution is -2.10. The molecule has 6 heteroatoms. The van der Waals surface area contributed by atoms with Crippen molar-refractivity contribution in [1.29, 1.82) is 0 Å². The lowest BCUT2D eigenvalue weighted by molar-refractivity contribution is -0.110. The number of phenols is 2. The van der Waals surface area contributed by atoms with E-state index in [2.05, 4.69) is 0 Å². The number of carbonyl (C=O) groups excluding carboxylic acids is 1. The molecule has 6 nitrogen and oxygen atoms in total. The van der Waals surface area contributed by atoms with Gasteiger partial charge in [-0.2, -0.15) is 0 Å². The van der Waals surface area contributed by atoms with Gasteiger partial charge in [-0.05, 0) is 75.7 Å². The maximum absolute atomic E-state index is 12.1. The number of phenolic OH excluding ortho intramolecular Hbond substituents is 2. The third-order valence-electron chi connectivity index (χ3n) is 4.36. The zero-order valence-corrected chi connectivity index (χ0v) is 18.4. The summed E-state index contributed by atoms with van der Waals surface area (Å²) < 4.78 is 0. The molecular formula is C25H30N2O4. The molecule has 0 aliphatic heterocycles. The fraction of sp³-hybridized carbons (Fsp3) is 0.240. The summed E-state index contributed by atoms with van der Waals surface area (Å²) in [5, 5.41) is 29.9. The van der Waals surface area contributed by atoms with Crippen molar-refractivity contribution < 1.29 is 20.1 Å². The number of allylic oxidation sites excluding steroid dienone is 3. The molecule has 2 rings (SSSR count). The molecule has 0 radical (unpaired) electrons.